The molecule has 1 aromatic rings. The first-order chi connectivity index (χ1) is 7.20. The van der Waals surface area contributed by atoms with Gasteiger partial charge in [0.25, 0.3) is 0 Å². The molecule has 0 aliphatic carbocycles. The number of aliphatic hydroxyl groups is 1. The number of nitrogens with zero attached hydrogens (tertiary/aromatic N) is 2. The number of nitrogens with two attached hydrogens (primary N) is 1. The lowest BCUT2D eigenvalue weighted by Gasteiger charge is -2.11. The SMILES string of the molecule is Nc1ccn([C@@H]2CS[C@@H](CO)S2)c(=O)n1. The standard InChI is InChI=1S/C8H11N3O2S2/c9-5-1-2-11(8(13)10-5)6-4-14-7(3-12)15-6/h1-2,6-7,12H,3-4H2,(H2,9,10,13)/t6-,7+/m0/s1. The van der Waals surface area contributed by atoms with Crippen LogP contribution in [0, 0.1) is 0 Å². The molecule has 0 unspecified atom stereocenters. The van der Waals surface area contributed by atoms with Crippen molar-refractivity contribution >= 4 is 29.3 Å². The van der Waals surface area contributed by atoms with E-state index in [1.54, 1.807) is 40.4 Å². The van der Waals surface area contributed by atoms with Crippen molar-refractivity contribution in [3.63, 3.8) is 0 Å². The van der Waals surface area contributed by atoms with Crippen molar-refractivity contribution in [2.24, 2.45) is 0 Å². The first-order valence-corrected chi connectivity index (χ1v) is 6.42. The zero-order valence-corrected chi connectivity index (χ0v) is 9.50. The summed E-state index contributed by atoms with van der Waals surface area (Å²) >= 11 is 3.23. The first-order valence-electron chi connectivity index (χ1n) is 4.43. The molecule has 1 saturated heterocycles. The van der Waals surface area contributed by atoms with Crippen LogP contribution in [0.1, 0.15) is 5.37 Å². The predicted molar refractivity (Wildman–Crippen MR) is 62.9 cm³/mol. The van der Waals surface area contributed by atoms with Gasteiger partial charge in [0, 0.05) is 11.9 Å². The topological polar surface area (TPSA) is 81.1 Å². The molecule has 5 nitrogen and oxygen atoms in total. The van der Waals surface area contributed by atoms with Gasteiger partial charge in [-0.05, 0) is 6.07 Å². The molecule has 1 fully saturated rings. The third-order valence-electron chi connectivity index (χ3n) is 2.04. The Morgan fingerprint density at radius 1 is 1.73 bits per heavy atom. The summed E-state index contributed by atoms with van der Waals surface area (Å²) in [4.78, 5) is 15.2. The lowest BCUT2D eigenvalue weighted by atomic mass is 10.5. The zero-order valence-electron chi connectivity index (χ0n) is 7.87. The van der Waals surface area contributed by atoms with Crippen LogP contribution >= 0.6 is 23.5 Å². The van der Waals surface area contributed by atoms with Gasteiger partial charge in [-0.1, -0.05) is 0 Å². The summed E-state index contributed by atoms with van der Waals surface area (Å²) in [6, 6.07) is 1.61. The molecule has 0 spiro atoms. The van der Waals surface area contributed by atoms with E-state index < -0.39 is 0 Å². The molecule has 7 heteroatoms. The van der Waals surface area contributed by atoms with Gasteiger partial charge in [-0.15, -0.1) is 23.5 Å². The Balaban J connectivity index is 2.20. The number of aromatic nitrogens is 2. The van der Waals surface area contributed by atoms with Crippen LogP contribution in [0.25, 0.3) is 0 Å². The summed E-state index contributed by atoms with van der Waals surface area (Å²) in [6.45, 7) is 0.128. The van der Waals surface area contributed by atoms with Gasteiger partial charge in [0.1, 0.15) is 5.82 Å². The Bertz CT molecular complexity index is 409. The lowest BCUT2D eigenvalue weighted by molar-refractivity contribution is 0.316. The molecule has 1 aliphatic rings. The van der Waals surface area contributed by atoms with Crippen molar-refractivity contribution in [3.8, 4) is 0 Å². The van der Waals surface area contributed by atoms with Crippen LogP contribution < -0.4 is 11.4 Å². The van der Waals surface area contributed by atoms with E-state index in [0.29, 0.717) is 0 Å². The zero-order chi connectivity index (χ0) is 10.8. The maximum Gasteiger partial charge on any atom is 0.350 e. The second-order valence-corrected chi connectivity index (χ2v) is 6.00. The molecular weight excluding hydrogens is 234 g/mol. The molecule has 0 aromatic carbocycles. The van der Waals surface area contributed by atoms with Crippen LogP contribution in [-0.2, 0) is 0 Å². The number of anilines is 1. The number of thioether (sulfide) groups is 2. The van der Waals surface area contributed by atoms with Crippen LogP contribution in [0.4, 0.5) is 5.82 Å². The fraction of sp³-hybridized carbons (Fsp3) is 0.500. The first kappa shape index (κ1) is 10.8. The second kappa shape index (κ2) is 4.46. The minimum Gasteiger partial charge on any atom is -0.394 e. The van der Waals surface area contributed by atoms with E-state index in [-0.39, 0.29) is 28.1 Å². The Morgan fingerprint density at radius 3 is 3.13 bits per heavy atom. The van der Waals surface area contributed by atoms with E-state index in [2.05, 4.69) is 4.98 Å². The summed E-state index contributed by atoms with van der Waals surface area (Å²) < 4.78 is 1.71. The minimum absolute atomic E-state index is 0.0488. The van der Waals surface area contributed by atoms with Crippen LogP contribution in [0.15, 0.2) is 17.1 Å². The highest BCUT2D eigenvalue weighted by Crippen LogP contribution is 2.43. The fourth-order valence-electron chi connectivity index (χ4n) is 1.33. The average molecular weight is 245 g/mol. The highest BCUT2D eigenvalue weighted by Gasteiger charge is 2.27. The summed E-state index contributed by atoms with van der Waals surface area (Å²) in [5.41, 5.74) is 5.08. The quantitative estimate of drug-likeness (QED) is 0.770. The van der Waals surface area contributed by atoms with Gasteiger partial charge in [0.15, 0.2) is 0 Å². The molecule has 0 saturated carbocycles. The molecule has 2 rings (SSSR count). The molecule has 15 heavy (non-hydrogen) atoms. The van der Waals surface area contributed by atoms with Crippen molar-refractivity contribution in [2.45, 2.75) is 9.96 Å². The van der Waals surface area contributed by atoms with Crippen molar-refractivity contribution in [1.29, 1.82) is 0 Å². The number of nitrogen functional groups attached to an aromatic ring is 1. The van der Waals surface area contributed by atoms with Crippen LogP contribution in [-0.4, -0.2) is 31.6 Å². The largest absolute Gasteiger partial charge is 0.394 e. The van der Waals surface area contributed by atoms with Crippen molar-refractivity contribution in [2.75, 3.05) is 18.1 Å². The predicted octanol–water partition coefficient (Wildman–Crippen LogP) is 0.122. The van der Waals surface area contributed by atoms with E-state index in [0.717, 1.165) is 5.75 Å². The minimum atomic E-state index is -0.327. The van der Waals surface area contributed by atoms with Gasteiger partial charge >= 0.3 is 5.69 Å². The van der Waals surface area contributed by atoms with Gasteiger partial charge in [0.05, 0.1) is 16.6 Å². The molecule has 3 N–H and O–H groups in total. The van der Waals surface area contributed by atoms with Crippen molar-refractivity contribution in [3.05, 3.63) is 22.7 Å². The smallest absolute Gasteiger partial charge is 0.350 e. The van der Waals surface area contributed by atoms with E-state index in [1.165, 1.54) is 0 Å². The second-order valence-electron chi connectivity index (χ2n) is 3.08. The van der Waals surface area contributed by atoms with E-state index >= 15 is 0 Å². The molecular formula is C8H11N3O2S2. The molecule has 1 aliphatic heterocycles. The number of hydrogen-bond acceptors (Lipinski definition) is 6. The number of aliphatic hydroxyl groups excluding tert-OH is 1. The molecule has 0 radical (unpaired) electrons. The summed E-state index contributed by atoms with van der Waals surface area (Å²) in [5, 5.41) is 9.03. The molecule has 0 amide bonds. The highest BCUT2D eigenvalue weighted by molar-refractivity contribution is 8.20. The Labute approximate surface area is 95.1 Å². The van der Waals surface area contributed by atoms with E-state index in [9.17, 15) is 4.79 Å². The maximum atomic E-state index is 11.5. The molecule has 0 bridgehead atoms. The Kier molecular flexibility index (Phi) is 3.22. The van der Waals surface area contributed by atoms with Gasteiger partial charge < -0.3 is 10.8 Å². The molecule has 2 atom stereocenters. The van der Waals surface area contributed by atoms with Gasteiger partial charge in [-0.2, -0.15) is 4.98 Å². The van der Waals surface area contributed by atoms with Gasteiger partial charge in [0.2, 0.25) is 0 Å². The number of rotatable bonds is 2. The summed E-state index contributed by atoms with van der Waals surface area (Å²) in [6.07, 6.45) is 1.66. The average Bonchev–Trinajstić information content (AvgIpc) is 2.66. The number of hydrogen-bond donors (Lipinski definition) is 2. The van der Waals surface area contributed by atoms with E-state index in [1.807, 2.05) is 0 Å². The lowest BCUT2D eigenvalue weighted by Crippen LogP contribution is -2.25. The Hall–Kier alpha value is -0.660. The van der Waals surface area contributed by atoms with Crippen molar-refractivity contribution in [1.82, 2.24) is 9.55 Å². The molecule has 2 heterocycles. The van der Waals surface area contributed by atoms with Crippen LogP contribution in [0.3, 0.4) is 0 Å². The van der Waals surface area contributed by atoms with Gasteiger partial charge in [-0.3, -0.25) is 4.57 Å². The highest BCUT2D eigenvalue weighted by atomic mass is 32.2. The summed E-state index contributed by atoms with van der Waals surface area (Å²) in [5.74, 6) is 1.05. The van der Waals surface area contributed by atoms with E-state index in [4.69, 9.17) is 10.8 Å². The van der Waals surface area contributed by atoms with Crippen LogP contribution in [0.5, 0.6) is 0 Å². The maximum absolute atomic E-state index is 11.5. The fourth-order valence-corrected chi connectivity index (χ4v) is 4.19. The third kappa shape index (κ3) is 2.30. The normalized spacial score (nSPS) is 25.7. The monoisotopic (exact) mass is 245 g/mol. The van der Waals surface area contributed by atoms with Crippen LogP contribution in [0.2, 0.25) is 0 Å². The third-order valence-corrected chi connectivity index (χ3v) is 5.19. The molecule has 1 aromatic heterocycles. The van der Waals surface area contributed by atoms with Gasteiger partial charge in [-0.25, -0.2) is 4.79 Å². The molecule has 82 valence electrons. The van der Waals surface area contributed by atoms with Crippen molar-refractivity contribution < 1.29 is 5.11 Å². The summed E-state index contributed by atoms with van der Waals surface area (Å²) in [7, 11) is 0. The Morgan fingerprint density at radius 2 is 2.53 bits per heavy atom.